The van der Waals surface area contributed by atoms with E-state index in [1.807, 2.05) is 0 Å². The van der Waals surface area contributed by atoms with E-state index < -0.39 is 35.5 Å². The number of amides is 1. The van der Waals surface area contributed by atoms with Gasteiger partial charge in [0.25, 0.3) is 5.91 Å². The van der Waals surface area contributed by atoms with E-state index in [1.54, 1.807) is 0 Å². The Morgan fingerprint density at radius 3 is 2.70 bits per heavy atom. The van der Waals surface area contributed by atoms with Crippen LogP contribution in [0.4, 0.5) is 13.2 Å². The van der Waals surface area contributed by atoms with E-state index in [0.717, 1.165) is 31.2 Å². The molecule has 2 N–H and O–H groups in total. The van der Waals surface area contributed by atoms with Crippen molar-refractivity contribution in [2.45, 2.75) is 44.0 Å². The van der Waals surface area contributed by atoms with Crippen LogP contribution in [0.15, 0.2) is 18.3 Å². The number of hydrogen-bond acceptors (Lipinski definition) is 3. The fraction of sp³-hybridized carbons (Fsp3) is 0.538. The van der Waals surface area contributed by atoms with Gasteiger partial charge in [0, 0.05) is 6.20 Å². The summed E-state index contributed by atoms with van der Waals surface area (Å²) >= 11 is 0. The van der Waals surface area contributed by atoms with Crippen LogP contribution in [0.3, 0.4) is 0 Å². The molecule has 1 aromatic rings. The van der Waals surface area contributed by atoms with Gasteiger partial charge in [-0.1, -0.05) is 12.8 Å². The molecule has 0 saturated heterocycles. The molecule has 1 amide bonds. The number of carbonyl (C=O) groups excluding carboxylic acids is 1. The molecular formula is C13H15F3N2O2. The van der Waals surface area contributed by atoms with E-state index in [1.165, 1.54) is 0 Å². The Morgan fingerprint density at radius 1 is 1.35 bits per heavy atom. The van der Waals surface area contributed by atoms with Crippen LogP contribution in [-0.2, 0) is 6.18 Å². The number of pyridine rings is 1. The fourth-order valence-corrected chi connectivity index (χ4v) is 2.33. The van der Waals surface area contributed by atoms with Gasteiger partial charge in [0.2, 0.25) is 0 Å². The second-order valence-electron chi connectivity index (χ2n) is 4.83. The smallest absolute Gasteiger partial charge is 0.391 e. The van der Waals surface area contributed by atoms with E-state index in [4.69, 9.17) is 0 Å². The Morgan fingerprint density at radius 2 is 2.05 bits per heavy atom. The topological polar surface area (TPSA) is 62.2 Å². The van der Waals surface area contributed by atoms with Crippen LogP contribution in [0.25, 0.3) is 0 Å². The Hall–Kier alpha value is -1.63. The van der Waals surface area contributed by atoms with Gasteiger partial charge >= 0.3 is 6.18 Å². The molecule has 1 aliphatic rings. The van der Waals surface area contributed by atoms with Crippen molar-refractivity contribution in [1.29, 1.82) is 0 Å². The molecule has 0 aromatic carbocycles. The molecule has 2 unspecified atom stereocenters. The molecule has 0 bridgehead atoms. The van der Waals surface area contributed by atoms with Crippen molar-refractivity contribution in [3.05, 3.63) is 29.6 Å². The average molecular weight is 288 g/mol. The van der Waals surface area contributed by atoms with Crippen LogP contribution in [-0.4, -0.2) is 28.1 Å². The Bertz CT molecular complexity index is 491. The maximum atomic E-state index is 12.8. The molecular weight excluding hydrogens is 273 g/mol. The third-order valence-electron chi connectivity index (χ3n) is 3.37. The first-order valence-corrected chi connectivity index (χ1v) is 6.40. The number of halogens is 3. The molecule has 1 saturated carbocycles. The van der Waals surface area contributed by atoms with Crippen molar-refractivity contribution in [3.8, 4) is 0 Å². The highest BCUT2D eigenvalue weighted by atomic mass is 19.4. The summed E-state index contributed by atoms with van der Waals surface area (Å²) in [4.78, 5) is 15.5. The summed E-state index contributed by atoms with van der Waals surface area (Å²) in [5.74, 6) is -0.899. The van der Waals surface area contributed by atoms with E-state index in [0.29, 0.717) is 12.8 Å². The Labute approximate surface area is 114 Å². The van der Waals surface area contributed by atoms with Crippen LogP contribution in [0.1, 0.15) is 41.7 Å². The van der Waals surface area contributed by atoms with Crippen molar-refractivity contribution in [3.63, 3.8) is 0 Å². The van der Waals surface area contributed by atoms with E-state index in [9.17, 15) is 23.1 Å². The predicted octanol–water partition coefficient (Wildman–Crippen LogP) is 2.13. The van der Waals surface area contributed by atoms with Crippen LogP contribution in [0.2, 0.25) is 0 Å². The zero-order valence-electron chi connectivity index (χ0n) is 10.7. The molecule has 4 nitrogen and oxygen atoms in total. The molecule has 2 rings (SSSR count). The van der Waals surface area contributed by atoms with E-state index >= 15 is 0 Å². The lowest BCUT2D eigenvalue weighted by Gasteiger charge is -2.28. The molecule has 0 aliphatic heterocycles. The van der Waals surface area contributed by atoms with Crippen LogP contribution in [0, 0.1) is 0 Å². The second-order valence-corrected chi connectivity index (χ2v) is 4.83. The molecule has 1 heterocycles. The molecule has 110 valence electrons. The Balaban J connectivity index is 2.17. The van der Waals surface area contributed by atoms with E-state index in [2.05, 4.69) is 10.3 Å². The molecule has 1 fully saturated rings. The first kappa shape index (κ1) is 14.8. The predicted molar refractivity (Wildman–Crippen MR) is 65.0 cm³/mol. The minimum Gasteiger partial charge on any atom is -0.391 e. The molecule has 2 atom stereocenters. The first-order valence-electron chi connectivity index (χ1n) is 6.40. The molecule has 1 aromatic heterocycles. The summed E-state index contributed by atoms with van der Waals surface area (Å²) in [6, 6.07) is 1.44. The first-order chi connectivity index (χ1) is 9.39. The van der Waals surface area contributed by atoms with Gasteiger partial charge in [0.1, 0.15) is 5.69 Å². The minimum atomic E-state index is -4.63. The fourth-order valence-electron chi connectivity index (χ4n) is 2.33. The maximum Gasteiger partial charge on any atom is 0.418 e. The van der Waals surface area contributed by atoms with Crippen molar-refractivity contribution >= 4 is 5.91 Å². The van der Waals surface area contributed by atoms with Gasteiger partial charge in [0.05, 0.1) is 17.7 Å². The third-order valence-corrected chi connectivity index (χ3v) is 3.37. The summed E-state index contributed by atoms with van der Waals surface area (Å²) in [6.45, 7) is 0. The number of nitrogens with zero attached hydrogens (tertiary/aromatic N) is 1. The number of aliphatic hydroxyl groups excluding tert-OH is 1. The van der Waals surface area contributed by atoms with Gasteiger partial charge in [-0.15, -0.1) is 0 Å². The number of hydrogen-bond donors (Lipinski definition) is 2. The normalized spacial score (nSPS) is 23.4. The summed E-state index contributed by atoms with van der Waals surface area (Å²) in [7, 11) is 0. The zero-order chi connectivity index (χ0) is 14.8. The SMILES string of the molecule is O=C(NC1CCCCC1O)c1ncccc1C(F)(F)F. The lowest BCUT2D eigenvalue weighted by Crippen LogP contribution is -2.45. The number of rotatable bonds is 2. The highest BCUT2D eigenvalue weighted by Crippen LogP contribution is 2.31. The summed E-state index contributed by atoms with van der Waals surface area (Å²) in [6.07, 6.45) is -1.43. The number of aromatic nitrogens is 1. The lowest BCUT2D eigenvalue weighted by atomic mass is 9.92. The number of nitrogens with one attached hydrogen (secondary N) is 1. The molecule has 0 radical (unpaired) electrons. The van der Waals surface area contributed by atoms with Gasteiger partial charge in [0.15, 0.2) is 0 Å². The van der Waals surface area contributed by atoms with Gasteiger partial charge in [-0.3, -0.25) is 9.78 Å². The summed E-state index contributed by atoms with van der Waals surface area (Å²) < 4.78 is 38.4. The van der Waals surface area contributed by atoms with Gasteiger partial charge in [-0.05, 0) is 25.0 Å². The van der Waals surface area contributed by atoms with Gasteiger partial charge in [-0.25, -0.2) is 0 Å². The van der Waals surface area contributed by atoms with Crippen molar-refractivity contribution < 1.29 is 23.1 Å². The van der Waals surface area contributed by atoms with Crippen LogP contribution in [0.5, 0.6) is 0 Å². The Kier molecular flexibility index (Phi) is 4.27. The summed E-state index contributed by atoms with van der Waals surface area (Å²) in [5, 5.41) is 12.2. The lowest BCUT2D eigenvalue weighted by molar-refractivity contribution is -0.138. The molecule has 0 spiro atoms. The monoisotopic (exact) mass is 288 g/mol. The highest BCUT2D eigenvalue weighted by molar-refractivity contribution is 5.94. The number of aliphatic hydroxyl groups is 1. The zero-order valence-corrected chi connectivity index (χ0v) is 10.7. The third kappa shape index (κ3) is 3.27. The van der Waals surface area contributed by atoms with Gasteiger partial charge in [-0.2, -0.15) is 13.2 Å². The van der Waals surface area contributed by atoms with E-state index in [-0.39, 0.29) is 0 Å². The largest absolute Gasteiger partial charge is 0.418 e. The number of carbonyl (C=O) groups is 1. The summed E-state index contributed by atoms with van der Waals surface area (Å²) in [5.41, 5.74) is -1.72. The minimum absolute atomic E-state index is 0.515. The van der Waals surface area contributed by atoms with Gasteiger partial charge < -0.3 is 10.4 Å². The quantitative estimate of drug-likeness (QED) is 0.876. The molecule has 7 heteroatoms. The van der Waals surface area contributed by atoms with Crippen molar-refractivity contribution in [1.82, 2.24) is 10.3 Å². The van der Waals surface area contributed by atoms with Crippen molar-refractivity contribution in [2.75, 3.05) is 0 Å². The van der Waals surface area contributed by atoms with Crippen molar-refractivity contribution in [2.24, 2.45) is 0 Å². The van der Waals surface area contributed by atoms with Crippen LogP contribution < -0.4 is 5.32 Å². The maximum absolute atomic E-state index is 12.8. The number of alkyl halides is 3. The molecule has 20 heavy (non-hydrogen) atoms. The molecule has 1 aliphatic carbocycles. The average Bonchev–Trinajstić information content (AvgIpc) is 2.40. The second kappa shape index (κ2) is 5.78. The standard InChI is InChI=1S/C13H15F3N2O2/c14-13(15,16)8-4-3-7-17-11(8)12(20)18-9-5-1-2-6-10(9)19/h3-4,7,9-10,19H,1-2,5-6H2,(H,18,20). The highest BCUT2D eigenvalue weighted by Gasteiger charge is 2.36. The van der Waals surface area contributed by atoms with Crippen LogP contribution >= 0.6 is 0 Å².